The number of benzene rings is 1. The molecule has 0 aliphatic rings. The van der Waals surface area contributed by atoms with E-state index in [2.05, 4.69) is 20.6 Å². The first-order chi connectivity index (χ1) is 13.8. The highest BCUT2D eigenvalue weighted by Gasteiger charge is 2.31. The first-order valence-electron chi connectivity index (χ1n) is 8.43. The largest absolute Gasteiger partial charge is 0.417 e. The van der Waals surface area contributed by atoms with Gasteiger partial charge in [-0.05, 0) is 18.2 Å². The van der Waals surface area contributed by atoms with E-state index in [1.807, 2.05) is 0 Å². The van der Waals surface area contributed by atoms with Crippen LogP contribution in [0.3, 0.4) is 0 Å². The van der Waals surface area contributed by atoms with Crippen LogP contribution in [0, 0.1) is 0 Å². The van der Waals surface area contributed by atoms with Gasteiger partial charge in [0.2, 0.25) is 5.91 Å². The summed E-state index contributed by atoms with van der Waals surface area (Å²) in [5.74, 6) is -0.331. The minimum atomic E-state index is -4.53. The van der Waals surface area contributed by atoms with Crippen molar-refractivity contribution in [1.82, 2.24) is 19.9 Å². The lowest BCUT2D eigenvalue weighted by molar-refractivity contribution is -0.137. The Hall–Kier alpha value is -3.14. The fourth-order valence-electron chi connectivity index (χ4n) is 2.58. The quantitative estimate of drug-likeness (QED) is 0.593. The van der Waals surface area contributed by atoms with Crippen LogP contribution in [-0.4, -0.2) is 33.5 Å². The highest BCUT2D eigenvalue weighted by Crippen LogP contribution is 2.32. The van der Waals surface area contributed by atoms with Crippen molar-refractivity contribution in [2.75, 3.05) is 18.4 Å². The summed E-state index contributed by atoms with van der Waals surface area (Å²) in [7, 11) is 0. The Balaban J connectivity index is 1.55. The second kappa shape index (κ2) is 8.48. The predicted molar refractivity (Wildman–Crippen MR) is 102 cm³/mol. The van der Waals surface area contributed by atoms with Crippen molar-refractivity contribution < 1.29 is 18.0 Å². The lowest BCUT2D eigenvalue weighted by Crippen LogP contribution is -2.35. The maximum Gasteiger partial charge on any atom is 0.417 e. The molecule has 29 heavy (non-hydrogen) atoms. The molecule has 0 atom stereocenters. The smallest absolute Gasteiger partial charge is 0.367 e. The van der Waals surface area contributed by atoms with Gasteiger partial charge in [-0.25, -0.2) is 9.97 Å². The SMILES string of the molecule is O=C(Cn1c(=O)cnc2ccccc21)NCCNc1ncc(C(F)(F)F)cc1Cl. The van der Waals surface area contributed by atoms with Gasteiger partial charge in [0.15, 0.2) is 0 Å². The van der Waals surface area contributed by atoms with Crippen molar-refractivity contribution in [2.45, 2.75) is 12.7 Å². The Labute approximate surface area is 167 Å². The standard InChI is InChI=1S/C18H15ClF3N5O2/c19-12-7-11(18(20,21)22)8-26-17(12)24-6-5-23-15(28)10-27-14-4-2-1-3-13(14)25-9-16(27)29/h1-4,7-9H,5-6,10H2,(H,23,28)(H,24,26). The minimum absolute atomic E-state index is 0.0743. The number of carbonyl (C=O) groups is 1. The normalized spacial score (nSPS) is 11.4. The van der Waals surface area contributed by atoms with E-state index in [1.54, 1.807) is 24.3 Å². The van der Waals surface area contributed by atoms with Gasteiger partial charge >= 0.3 is 6.18 Å². The van der Waals surface area contributed by atoms with E-state index >= 15 is 0 Å². The maximum atomic E-state index is 12.6. The molecule has 0 radical (unpaired) electrons. The molecule has 0 spiro atoms. The number of alkyl halides is 3. The summed E-state index contributed by atoms with van der Waals surface area (Å²) in [6.07, 6.45) is -2.71. The van der Waals surface area contributed by atoms with E-state index in [4.69, 9.17) is 11.6 Å². The summed E-state index contributed by atoms with van der Waals surface area (Å²) in [4.78, 5) is 31.8. The molecule has 0 saturated heterocycles. The van der Waals surface area contributed by atoms with Gasteiger partial charge in [-0.1, -0.05) is 23.7 Å². The number of aromatic nitrogens is 3. The molecule has 0 aliphatic carbocycles. The molecule has 1 aromatic carbocycles. The molecule has 0 unspecified atom stereocenters. The summed E-state index contributed by atoms with van der Waals surface area (Å²) in [5, 5.41) is 5.18. The van der Waals surface area contributed by atoms with Gasteiger partial charge < -0.3 is 10.6 Å². The molecular weight excluding hydrogens is 411 g/mol. The Morgan fingerprint density at radius 3 is 2.62 bits per heavy atom. The third-order valence-corrected chi connectivity index (χ3v) is 4.25. The molecule has 2 heterocycles. The van der Waals surface area contributed by atoms with Crippen LogP contribution in [0.1, 0.15) is 5.56 Å². The third-order valence-electron chi connectivity index (χ3n) is 3.96. The number of nitrogens with one attached hydrogen (secondary N) is 2. The zero-order valence-corrected chi connectivity index (χ0v) is 15.6. The number of anilines is 1. The highest BCUT2D eigenvalue weighted by molar-refractivity contribution is 6.32. The van der Waals surface area contributed by atoms with Crippen molar-refractivity contribution in [3.8, 4) is 0 Å². The van der Waals surface area contributed by atoms with Crippen LogP contribution in [0.2, 0.25) is 5.02 Å². The van der Waals surface area contributed by atoms with Crippen LogP contribution in [-0.2, 0) is 17.5 Å². The number of hydrogen-bond acceptors (Lipinski definition) is 5. The number of hydrogen-bond donors (Lipinski definition) is 2. The summed E-state index contributed by atoms with van der Waals surface area (Å²) in [5.41, 5.74) is -0.229. The molecule has 152 valence electrons. The van der Waals surface area contributed by atoms with E-state index < -0.39 is 23.2 Å². The van der Waals surface area contributed by atoms with Crippen molar-refractivity contribution in [3.63, 3.8) is 0 Å². The average Bonchev–Trinajstić information content (AvgIpc) is 2.67. The van der Waals surface area contributed by atoms with E-state index in [9.17, 15) is 22.8 Å². The molecule has 2 N–H and O–H groups in total. The van der Waals surface area contributed by atoms with Gasteiger partial charge in [-0.15, -0.1) is 0 Å². The number of halogens is 4. The van der Waals surface area contributed by atoms with Gasteiger partial charge in [-0.2, -0.15) is 13.2 Å². The lowest BCUT2D eigenvalue weighted by atomic mass is 10.3. The fraction of sp³-hybridized carbons (Fsp3) is 0.222. The molecule has 0 saturated carbocycles. The van der Waals surface area contributed by atoms with Crippen LogP contribution < -0.4 is 16.2 Å². The van der Waals surface area contributed by atoms with Crippen LogP contribution in [0.25, 0.3) is 11.0 Å². The van der Waals surface area contributed by atoms with Gasteiger partial charge in [0, 0.05) is 19.3 Å². The molecule has 0 bridgehead atoms. The maximum absolute atomic E-state index is 12.6. The molecular formula is C18H15ClF3N5O2. The zero-order valence-electron chi connectivity index (χ0n) is 14.8. The van der Waals surface area contributed by atoms with Crippen LogP contribution in [0.5, 0.6) is 0 Å². The van der Waals surface area contributed by atoms with Crippen molar-refractivity contribution in [1.29, 1.82) is 0 Å². The molecule has 3 rings (SSSR count). The first kappa shape index (κ1) is 20.6. The summed E-state index contributed by atoms with van der Waals surface area (Å²) in [6, 6.07) is 7.71. The Bertz CT molecular complexity index is 1100. The molecule has 1 amide bonds. The van der Waals surface area contributed by atoms with Crippen LogP contribution >= 0.6 is 11.6 Å². The molecule has 11 heteroatoms. The number of amides is 1. The Morgan fingerprint density at radius 2 is 1.90 bits per heavy atom. The lowest BCUT2D eigenvalue weighted by Gasteiger charge is -2.12. The Kier molecular flexibility index (Phi) is 6.02. The summed E-state index contributed by atoms with van der Waals surface area (Å²) >= 11 is 5.80. The Morgan fingerprint density at radius 1 is 1.14 bits per heavy atom. The van der Waals surface area contributed by atoms with Gasteiger partial charge in [-0.3, -0.25) is 14.2 Å². The fourth-order valence-corrected chi connectivity index (χ4v) is 2.82. The zero-order chi connectivity index (χ0) is 21.0. The summed E-state index contributed by atoms with van der Waals surface area (Å²) < 4.78 is 39.1. The monoisotopic (exact) mass is 425 g/mol. The van der Waals surface area contributed by atoms with Crippen LogP contribution in [0.4, 0.5) is 19.0 Å². The van der Waals surface area contributed by atoms with Gasteiger partial charge in [0.25, 0.3) is 5.56 Å². The van der Waals surface area contributed by atoms with Crippen molar-refractivity contribution in [3.05, 3.63) is 63.7 Å². The topological polar surface area (TPSA) is 88.9 Å². The van der Waals surface area contributed by atoms with Crippen molar-refractivity contribution in [2.24, 2.45) is 0 Å². The highest BCUT2D eigenvalue weighted by atomic mass is 35.5. The first-order valence-corrected chi connectivity index (χ1v) is 8.81. The number of fused-ring (bicyclic) bond motifs is 1. The molecule has 7 nitrogen and oxygen atoms in total. The van der Waals surface area contributed by atoms with E-state index in [1.165, 1.54) is 4.57 Å². The second-order valence-corrected chi connectivity index (χ2v) is 6.41. The number of para-hydroxylation sites is 2. The van der Waals surface area contributed by atoms with Gasteiger partial charge in [0.1, 0.15) is 12.4 Å². The van der Waals surface area contributed by atoms with Gasteiger partial charge in [0.05, 0.1) is 27.8 Å². The second-order valence-electron chi connectivity index (χ2n) is 6.00. The van der Waals surface area contributed by atoms with E-state index in [0.717, 1.165) is 12.3 Å². The molecule has 0 aliphatic heterocycles. The minimum Gasteiger partial charge on any atom is -0.367 e. The molecule has 3 aromatic rings. The summed E-state index contributed by atoms with van der Waals surface area (Å²) in [6.45, 7) is 0.132. The average molecular weight is 426 g/mol. The predicted octanol–water partition coefficient (Wildman–Crippen LogP) is 2.69. The van der Waals surface area contributed by atoms with E-state index in [-0.39, 0.29) is 30.5 Å². The number of pyridine rings is 1. The number of carbonyl (C=O) groups excluding carboxylic acids is 1. The molecule has 2 aromatic heterocycles. The number of nitrogens with zero attached hydrogens (tertiary/aromatic N) is 3. The van der Waals surface area contributed by atoms with E-state index in [0.29, 0.717) is 17.2 Å². The van der Waals surface area contributed by atoms with Crippen LogP contribution in [0.15, 0.2) is 47.5 Å². The third kappa shape index (κ3) is 5.02. The van der Waals surface area contributed by atoms with Crippen molar-refractivity contribution >= 4 is 34.4 Å². The number of rotatable bonds is 6. The molecule has 0 fully saturated rings.